The van der Waals surface area contributed by atoms with Crippen molar-refractivity contribution in [1.82, 2.24) is 10.3 Å². The summed E-state index contributed by atoms with van der Waals surface area (Å²) in [7, 11) is 0. The molecule has 0 fully saturated rings. The van der Waals surface area contributed by atoms with Crippen LogP contribution in [0.25, 0.3) is 0 Å². The Labute approximate surface area is 114 Å². The van der Waals surface area contributed by atoms with Crippen LogP contribution in [0.4, 0.5) is 0 Å². The fourth-order valence-electron chi connectivity index (χ4n) is 2.25. The van der Waals surface area contributed by atoms with Gasteiger partial charge in [-0.15, -0.1) is 22.7 Å². The normalized spacial score (nSPS) is 18.6. The highest BCUT2D eigenvalue weighted by Crippen LogP contribution is 2.39. The molecule has 0 spiro atoms. The summed E-state index contributed by atoms with van der Waals surface area (Å²) in [6.07, 6.45) is 2.35. The van der Waals surface area contributed by atoms with Gasteiger partial charge in [-0.25, -0.2) is 4.98 Å². The predicted octanol–water partition coefficient (Wildman–Crippen LogP) is 3.94. The first-order valence-electron chi connectivity index (χ1n) is 5.64. The molecule has 0 saturated heterocycles. The fourth-order valence-corrected chi connectivity index (χ4v) is 4.34. The lowest BCUT2D eigenvalue weighted by Crippen LogP contribution is -2.18. The molecule has 2 aromatic heterocycles. The van der Waals surface area contributed by atoms with E-state index in [1.54, 1.807) is 22.7 Å². The van der Waals surface area contributed by atoms with Gasteiger partial charge in [-0.1, -0.05) is 11.6 Å². The van der Waals surface area contributed by atoms with E-state index in [-0.39, 0.29) is 0 Å². The van der Waals surface area contributed by atoms with E-state index < -0.39 is 0 Å². The summed E-state index contributed by atoms with van der Waals surface area (Å²) in [4.78, 5) is 7.06. The largest absolute Gasteiger partial charge is 0.305 e. The van der Waals surface area contributed by atoms with Gasteiger partial charge in [-0.05, 0) is 31.4 Å². The molecule has 1 atom stereocenters. The van der Waals surface area contributed by atoms with Crippen LogP contribution in [0.2, 0.25) is 4.34 Å². The third-order valence-corrected chi connectivity index (χ3v) is 5.48. The summed E-state index contributed by atoms with van der Waals surface area (Å²) in [6, 6.07) is 2.58. The van der Waals surface area contributed by atoms with Gasteiger partial charge in [0.1, 0.15) is 0 Å². The Kier molecular flexibility index (Phi) is 3.21. The maximum absolute atomic E-state index is 6.05. The minimum Gasteiger partial charge on any atom is -0.305 e. The van der Waals surface area contributed by atoms with Gasteiger partial charge in [0, 0.05) is 22.3 Å². The molecule has 2 aromatic rings. The molecule has 0 radical (unpaired) electrons. The number of hydrogen-bond acceptors (Lipinski definition) is 4. The molecule has 3 rings (SSSR count). The molecule has 0 bridgehead atoms. The Hall–Kier alpha value is -0.420. The molecule has 5 heteroatoms. The maximum atomic E-state index is 6.05. The van der Waals surface area contributed by atoms with Gasteiger partial charge >= 0.3 is 0 Å². The summed E-state index contributed by atoms with van der Waals surface area (Å²) in [6.45, 7) is 2.98. The van der Waals surface area contributed by atoms with E-state index in [0.717, 1.165) is 23.0 Å². The summed E-state index contributed by atoms with van der Waals surface area (Å²) in [5, 5.41) is 3.61. The minimum absolute atomic E-state index is 0.468. The molecule has 2 heterocycles. The molecule has 1 aliphatic rings. The second kappa shape index (κ2) is 4.69. The first kappa shape index (κ1) is 11.7. The molecule has 0 amide bonds. The fraction of sp³-hybridized carbons (Fsp3) is 0.417. The number of fused-ring (bicyclic) bond motifs is 1. The van der Waals surface area contributed by atoms with Gasteiger partial charge in [0.25, 0.3) is 0 Å². The minimum atomic E-state index is 0.468. The third-order valence-electron chi connectivity index (χ3n) is 3.20. The summed E-state index contributed by atoms with van der Waals surface area (Å²) in [5.41, 5.74) is 4.46. The van der Waals surface area contributed by atoms with Crippen molar-refractivity contribution in [2.45, 2.75) is 32.4 Å². The molecule has 0 aliphatic heterocycles. The average Bonchev–Trinajstić information content (AvgIpc) is 2.93. The van der Waals surface area contributed by atoms with Crippen LogP contribution in [0.3, 0.4) is 0 Å². The molecule has 17 heavy (non-hydrogen) atoms. The SMILES string of the molecule is Cc1ncsc1CNC1CCc2sc(Cl)cc21. The molecular formula is C12H13ClN2S2. The van der Waals surface area contributed by atoms with Crippen molar-refractivity contribution in [3.8, 4) is 0 Å². The molecule has 0 saturated carbocycles. The summed E-state index contributed by atoms with van der Waals surface area (Å²) < 4.78 is 0.912. The van der Waals surface area contributed by atoms with Crippen molar-refractivity contribution < 1.29 is 0 Å². The van der Waals surface area contributed by atoms with Crippen molar-refractivity contribution >= 4 is 34.3 Å². The van der Waals surface area contributed by atoms with Crippen molar-refractivity contribution in [1.29, 1.82) is 0 Å². The number of thiazole rings is 1. The zero-order valence-corrected chi connectivity index (χ0v) is 11.9. The maximum Gasteiger partial charge on any atom is 0.0934 e. The van der Waals surface area contributed by atoms with E-state index in [1.807, 2.05) is 5.51 Å². The van der Waals surface area contributed by atoms with Gasteiger partial charge in [-0.2, -0.15) is 0 Å². The predicted molar refractivity (Wildman–Crippen MR) is 74.1 cm³/mol. The molecule has 1 N–H and O–H groups in total. The van der Waals surface area contributed by atoms with Gasteiger partial charge in [0.05, 0.1) is 15.5 Å². The average molecular weight is 285 g/mol. The Morgan fingerprint density at radius 3 is 3.24 bits per heavy atom. The van der Waals surface area contributed by atoms with Crippen LogP contribution in [0, 0.1) is 6.92 Å². The monoisotopic (exact) mass is 284 g/mol. The molecule has 2 nitrogen and oxygen atoms in total. The van der Waals surface area contributed by atoms with Gasteiger partial charge in [0.15, 0.2) is 0 Å². The van der Waals surface area contributed by atoms with Crippen molar-refractivity contribution in [2.75, 3.05) is 0 Å². The van der Waals surface area contributed by atoms with Crippen molar-refractivity contribution in [3.63, 3.8) is 0 Å². The zero-order chi connectivity index (χ0) is 11.8. The van der Waals surface area contributed by atoms with Crippen molar-refractivity contribution in [3.05, 3.63) is 36.9 Å². The highest BCUT2D eigenvalue weighted by molar-refractivity contribution is 7.16. The van der Waals surface area contributed by atoms with E-state index in [1.165, 1.54) is 21.7 Å². The number of nitrogens with one attached hydrogen (secondary N) is 1. The van der Waals surface area contributed by atoms with Crippen LogP contribution in [0.15, 0.2) is 11.6 Å². The van der Waals surface area contributed by atoms with Crippen LogP contribution in [0.5, 0.6) is 0 Å². The van der Waals surface area contributed by atoms with E-state index in [2.05, 4.69) is 23.3 Å². The Morgan fingerprint density at radius 1 is 1.59 bits per heavy atom. The second-order valence-corrected chi connectivity index (χ2v) is 6.97. The molecular weight excluding hydrogens is 272 g/mol. The van der Waals surface area contributed by atoms with Crippen LogP contribution < -0.4 is 5.32 Å². The van der Waals surface area contributed by atoms with Crippen LogP contribution in [-0.2, 0) is 13.0 Å². The first-order valence-corrected chi connectivity index (χ1v) is 7.72. The first-order chi connectivity index (χ1) is 8.24. The molecule has 0 aromatic carbocycles. The number of halogens is 1. The van der Waals surface area contributed by atoms with E-state index in [0.29, 0.717) is 6.04 Å². The topological polar surface area (TPSA) is 24.9 Å². The number of thiophene rings is 1. The van der Waals surface area contributed by atoms with Crippen LogP contribution in [0.1, 0.15) is 33.5 Å². The molecule has 1 unspecified atom stereocenters. The zero-order valence-electron chi connectivity index (χ0n) is 9.50. The number of nitrogens with zero attached hydrogens (tertiary/aromatic N) is 1. The quantitative estimate of drug-likeness (QED) is 0.923. The molecule has 1 aliphatic carbocycles. The van der Waals surface area contributed by atoms with Gasteiger partial charge in [0.2, 0.25) is 0 Å². The van der Waals surface area contributed by atoms with Gasteiger partial charge in [-0.3, -0.25) is 0 Å². The lowest BCUT2D eigenvalue weighted by Gasteiger charge is -2.12. The Balaban J connectivity index is 1.69. The summed E-state index contributed by atoms with van der Waals surface area (Å²) in [5.74, 6) is 0. The number of rotatable bonds is 3. The van der Waals surface area contributed by atoms with Crippen LogP contribution >= 0.6 is 34.3 Å². The number of hydrogen-bond donors (Lipinski definition) is 1. The highest BCUT2D eigenvalue weighted by atomic mass is 35.5. The number of aryl methyl sites for hydroxylation is 2. The lowest BCUT2D eigenvalue weighted by molar-refractivity contribution is 0.532. The second-order valence-electron chi connectivity index (χ2n) is 4.26. The smallest absolute Gasteiger partial charge is 0.0934 e. The highest BCUT2D eigenvalue weighted by Gasteiger charge is 2.24. The summed E-state index contributed by atoms with van der Waals surface area (Å²) >= 11 is 9.50. The molecule has 90 valence electrons. The van der Waals surface area contributed by atoms with E-state index in [9.17, 15) is 0 Å². The number of aromatic nitrogens is 1. The Morgan fingerprint density at radius 2 is 2.47 bits per heavy atom. The lowest BCUT2D eigenvalue weighted by atomic mass is 10.2. The third kappa shape index (κ3) is 2.27. The van der Waals surface area contributed by atoms with E-state index >= 15 is 0 Å². The van der Waals surface area contributed by atoms with Gasteiger partial charge < -0.3 is 5.32 Å². The van der Waals surface area contributed by atoms with Crippen LogP contribution in [-0.4, -0.2) is 4.98 Å². The standard InChI is InChI=1S/C12H13ClN2S2/c1-7-11(16-6-15-7)5-14-9-2-3-10-8(9)4-12(13)17-10/h4,6,9,14H,2-3,5H2,1H3. The van der Waals surface area contributed by atoms with E-state index in [4.69, 9.17) is 11.6 Å². The van der Waals surface area contributed by atoms with Crippen molar-refractivity contribution in [2.24, 2.45) is 0 Å². The Bertz CT molecular complexity index is 532.